The van der Waals surface area contributed by atoms with Crippen LogP contribution in [-0.2, 0) is 0 Å². The van der Waals surface area contributed by atoms with Crippen LogP contribution in [0.5, 0.6) is 5.75 Å². The third kappa shape index (κ3) is 2.51. The molecular weight excluding hydrogens is 308 g/mol. The monoisotopic (exact) mass is 316 g/mol. The van der Waals surface area contributed by atoms with Crippen molar-refractivity contribution in [3.63, 3.8) is 0 Å². The first-order valence-electron chi connectivity index (χ1n) is 6.29. The number of halogens is 1. The molecular formula is C15H9ClN2O4. The van der Waals surface area contributed by atoms with Crippen LogP contribution in [0.3, 0.4) is 0 Å². The van der Waals surface area contributed by atoms with E-state index in [1.165, 1.54) is 12.1 Å². The van der Waals surface area contributed by atoms with Crippen LogP contribution >= 0.6 is 11.6 Å². The van der Waals surface area contributed by atoms with E-state index in [0.29, 0.717) is 11.3 Å². The smallest absolute Gasteiger partial charge is 0.360 e. The molecule has 1 N–H and O–H groups in total. The number of H-pyrrole nitrogens is 1. The summed E-state index contributed by atoms with van der Waals surface area (Å²) in [6, 6.07) is 12.9. The lowest BCUT2D eigenvalue weighted by atomic mass is 10.2. The van der Waals surface area contributed by atoms with Crippen LogP contribution in [0, 0.1) is 10.1 Å². The highest BCUT2D eigenvalue weighted by Crippen LogP contribution is 2.33. The summed E-state index contributed by atoms with van der Waals surface area (Å²) < 4.78 is 5.19. The standard InChI is InChI=1S/C15H9ClN2O4/c16-11-6-7-12-10(14(11)18(20)21)8-13(17-12)15(19)22-9-4-2-1-3-5-9/h1-8,17H. The highest BCUT2D eigenvalue weighted by atomic mass is 35.5. The number of rotatable bonds is 3. The number of fused-ring (bicyclic) bond motifs is 1. The van der Waals surface area contributed by atoms with Crippen molar-refractivity contribution in [2.24, 2.45) is 0 Å². The Hall–Kier alpha value is -2.86. The van der Waals surface area contributed by atoms with Gasteiger partial charge in [-0.2, -0.15) is 0 Å². The number of hydrogen-bond donors (Lipinski definition) is 1. The molecule has 110 valence electrons. The summed E-state index contributed by atoms with van der Waals surface area (Å²) in [6.45, 7) is 0. The Morgan fingerprint density at radius 1 is 1.18 bits per heavy atom. The molecule has 3 aromatic rings. The third-order valence-electron chi connectivity index (χ3n) is 3.08. The van der Waals surface area contributed by atoms with Gasteiger partial charge in [0.2, 0.25) is 0 Å². The Kier molecular flexibility index (Phi) is 3.52. The molecule has 1 heterocycles. The Morgan fingerprint density at radius 2 is 1.91 bits per heavy atom. The molecule has 6 nitrogen and oxygen atoms in total. The molecule has 0 spiro atoms. The van der Waals surface area contributed by atoms with Crippen LogP contribution < -0.4 is 4.74 Å². The molecule has 2 aromatic carbocycles. The number of benzene rings is 2. The largest absolute Gasteiger partial charge is 0.422 e. The van der Waals surface area contributed by atoms with E-state index in [1.807, 2.05) is 0 Å². The molecule has 0 radical (unpaired) electrons. The topological polar surface area (TPSA) is 85.2 Å². The molecule has 3 rings (SSSR count). The number of nitro groups is 1. The zero-order valence-electron chi connectivity index (χ0n) is 11.1. The van der Waals surface area contributed by atoms with Gasteiger partial charge in [-0.3, -0.25) is 10.1 Å². The van der Waals surface area contributed by atoms with Crippen molar-refractivity contribution in [3.05, 3.63) is 69.4 Å². The Bertz CT molecular complexity index is 874. The molecule has 0 aliphatic heterocycles. The Morgan fingerprint density at radius 3 is 2.59 bits per heavy atom. The summed E-state index contributed by atoms with van der Waals surface area (Å²) in [6.07, 6.45) is 0. The van der Waals surface area contributed by atoms with E-state index in [9.17, 15) is 14.9 Å². The second-order valence-corrected chi connectivity index (χ2v) is 4.91. The van der Waals surface area contributed by atoms with Crippen molar-refractivity contribution >= 4 is 34.2 Å². The number of carbonyl (C=O) groups excluding carboxylic acids is 1. The minimum atomic E-state index is -0.632. The van der Waals surface area contributed by atoms with Gasteiger partial charge in [0.05, 0.1) is 15.8 Å². The zero-order valence-corrected chi connectivity index (χ0v) is 11.8. The van der Waals surface area contributed by atoms with Crippen molar-refractivity contribution in [2.75, 3.05) is 0 Å². The molecule has 0 unspecified atom stereocenters. The van der Waals surface area contributed by atoms with Crippen molar-refractivity contribution in [2.45, 2.75) is 0 Å². The molecule has 0 saturated carbocycles. The van der Waals surface area contributed by atoms with Gasteiger partial charge in [0.25, 0.3) is 5.69 Å². The van der Waals surface area contributed by atoms with Gasteiger partial charge < -0.3 is 9.72 Å². The van der Waals surface area contributed by atoms with Gasteiger partial charge in [0, 0.05) is 0 Å². The zero-order chi connectivity index (χ0) is 15.7. The molecule has 1 aromatic heterocycles. The van der Waals surface area contributed by atoms with E-state index in [-0.39, 0.29) is 21.8 Å². The van der Waals surface area contributed by atoms with Crippen LogP contribution in [0.15, 0.2) is 48.5 Å². The number of carbonyl (C=O) groups is 1. The molecule has 0 bridgehead atoms. The average Bonchev–Trinajstić information content (AvgIpc) is 2.91. The fourth-order valence-electron chi connectivity index (χ4n) is 2.11. The first-order chi connectivity index (χ1) is 10.6. The van der Waals surface area contributed by atoms with Crippen LogP contribution in [-0.4, -0.2) is 15.9 Å². The molecule has 7 heteroatoms. The van der Waals surface area contributed by atoms with Gasteiger partial charge in [-0.1, -0.05) is 29.8 Å². The van der Waals surface area contributed by atoms with E-state index in [2.05, 4.69) is 4.98 Å². The number of aromatic amines is 1. The number of aromatic nitrogens is 1. The van der Waals surface area contributed by atoms with E-state index in [4.69, 9.17) is 16.3 Å². The third-order valence-corrected chi connectivity index (χ3v) is 3.39. The predicted molar refractivity (Wildman–Crippen MR) is 81.4 cm³/mol. The lowest BCUT2D eigenvalue weighted by Crippen LogP contribution is -2.08. The molecule has 0 atom stereocenters. The van der Waals surface area contributed by atoms with Crippen LogP contribution in [0.1, 0.15) is 10.5 Å². The first-order valence-corrected chi connectivity index (χ1v) is 6.67. The fraction of sp³-hybridized carbons (Fsp3) is 0. The summed E-state index contributed by atoms with van der Waals surface area (Å²) in [4.78, 5) is 25.4. The van der Waals surface area contributed by atoms with E-state index < -0.39 is 10.9 Å². The average molecular weight is 317 g/mol. The van der Waals surface area contributed by atoms with E-state index in [0.717, 1.165) is 0 Å². The number of nitrogens with one attached hydrogen (secondary N) is 1. The summed E-state index contributed by atoms with van der Waals surface area (Å²) in [5.74, 6) is -0.244. The normalized spacial score (nSPS) is 10.6. The highest BCUT2D eigenvalue weighted by Gasteiger charge is 2.21. The lowest BCUT2D eigenvalue weighted by Gasteiger charge is -2.01. The van der Waals surface area contributed by atoms with Gasteiger partial charge in [-0.05, 0) is 30.3 Å². The number of hydrogen-bond acceptors (Lipinski definition) is 4. The molecule has 22 heavy (non-hydrogen) atoms. The van der Waals surface area contributed by atoms with E-state index >= 15 is 0 Å². The van der Waals surface area contributed by atoms with Gasteiger partial charge in [-0.25, -0.2) is 4.79 Å². The number of esters is 1. The minimum Gasteiger partial charge on any atom is -0.422 e. The maximum atomic E-state index is 12.1. The first kappa shape index (κ1) is 14.1. The second-order valence-electron chi connectivity index (χ2n) is 4.50. The summed E-state index contributed by atoms with van der Waals surface area (Å²) >= 11 is 5.85. The minimum absolute atomic E-state index is 0.0134. The molecule has 0 amide bonds. The van der Waals surface area contributed by atoms with Crippen LogP contribution in [0.2, 0.25) is 5.02 Å². The Balaban J connectivity index is 2.00. The fourth-order valence-corrected chi connectivity index (χ4v) is 2.34. The predicted octanol–water partition coefficient (Wildman–Crippen LogP) is 3.95. The molecule has 0 saturated heterocycles. The maximum Gasteiger partial charge on any atom is 0.360 e. The van der Waals surface area contributed by atoms with Crippen molar-refractivity contribution in [1.29, 1.82) is 0 Å². The summed E-state index contributed by atoms with van der Waals surface area (Å²) in [7, 11) is 0. The van der Waals surface area contributed by atoms with Gasteiger partial charge >= 0.3 is 5.97 Å². The van der Waals surface area contributed by atoms with Gasteiger partial charge in [0.1, 0.15) is 16.5 Å². The van der Waals surface area contributed by atoms with Crippen molar-refractivity contribution in [3.8, 4) is 5.75 Å². The van der Waals surface area contributed by atoms with Gasteiger partial charge in [0.15, 0.2) is 0 Å². The SMILES string of the molecule is O=C(Oc1ccccc1)c1cc2c([N+](=O)[O-])c(Cl)ccc2[nH]1. The quantitative estimate of drug-likeness (QED) is 0.343. The van der Waals surface area contributed by atoms with Gasteiger partial charge in [-0.15, -0.1) is 0 Å². The number of nitro benzene ring substituents is 1. The van der Waals surface area contributed by atoms with E-state index in [1.54, 1.807) is 36.4 Å². The van der Waals surface area contributed by atoms with Crippen molar-refractivity contribution < 1.29 is 14.5 Å². The number of ether oxygens (including phenoxy) is 1. The molecule has 0 aliphatic rings. The summed E-state index contributed by atoms with van der Waals surface area (Å²) in [5.41, 5.74) is 0.314. The van der Waals surface area contributed by atoms with Crippen LogP contribution in [0.4, 0.5) is 5.69 Å². The Labute approximate surface area is 129 Å². The van der Waals surface area contributed by atoms with Crippen molar-refractivity contribution in [1.82, 2.24) is 4.98 Å². The number of nitrogens with zero attached hydrogens (tertiary/aromatic N) is 1. The summed E-state index contributed by atoms with van der Waals surface area (Å²) in [5, 5.41) is 11.4. The highest BCUT2D eigenvalue weighted by molar-refractivity contribution is 6.34. The second kappa shape index (κ2) is 5.50. The molecule has 0 fully saturated rings. The number of para-hydroxylation sites is 1. The van der Waals surface area contributed by atoms with Crippen LogP contribution in [0.25, 0.3) is 10.9 Å². The maximum absolute atomic E-state index is 12.1. The molecule has 0 aliphatic carbocycles. The lowest BCUT2D eigenvalue weighted by molar-refractivity contribution is -0.382.